The lowest BCUT2D eigenvalue weighted by Gasteiger charge is -2.23. The van der Waals surface area contributed by atoms with Gasteiger partial charge >= 0.3 is 0 Å². The van der Waals surface area contributed by atoms with Crippen molar-refractivity contribution in [1.82, 2.24) is 23.8 Å². The van der Waals surface area contributed by atoms with Gasteiger partial charge in [-0.2, -0.15) is 14.3 Å². The van der Waals surface area contributed by atoms with E-state index in [1.165, 1.54) is 4.31 Å². The summed E-state index contributed by atoms with van der Waals surface area (Å²) in [4.78, 5) is 12.6. The Morgan fingerprint density at radius 3 is 2.70 bits per heavy atom. The second kappa shape index (κ2) is 6.66. The van der Waals surface area contributed by atoms with Crippen molar-refractivity contribution in [2.24, 2.45) is 0 Å². The third-order valence-corrected chi connectivity index (χ3v) is 7.64. The lowest BCUT2D eigenvalue weighted by Crippen LogP contribution is -2.39. The molecule has 2 aromatic heterocycles. The molecule has 9 nitrogen and oxygen atoms in total. The van der Waals surface area contributed by atoms with Gasteiger partial charge < -0.3 is 16.0 Å². The fourth-order valence-corrected chi connectivity index (χ4v) is 6.28. The number of hydrogen-bond donors (Lipinski definition) is 2. The Kier molecular flexibility index (Phi) is 4.44. The van der Waals surface area contributed by atoms with Gasteiger partial charge in [0.1, 0.15) is 5.52 Å². The quantitative estimate of drug-likeness (QED) is 0.658. The number of nitrogen functional groups attached to an aromatic ring is 2. The lowest BCUT2D eigenvalue weighted by molar-refractivity contribution is 0.365. The van der Waals surface area contributed by atoms with Crippen molar-refractivity contribution in [3.8, 4) is 0 Å². The van der Waals surface area contributed by atoms with Crippen LogP contribution >= 0.6 is 11.8 Å². The summed E-state index contributed by atoms with van der Waals surface area (Å²) in [6.45, 7) is 2.33. The number of imidazole rings is 1. The fourth-order valence-electron chi connectivity index (χ4n) is 3.07. The Hall–Kier alpha value is -2.37. The van der Waals surface area contributed by atoms with Gasteiger partial charge in [-0.1, -0.05) is 17.7 Å². The summed E-state index contributed by atoms with van der Waals surface area (Å²) in [6, 6.07) is 6.67. The average Bonchev–Trinajstić information content (AvgIpc) is 3.24. The van der Waals surface area contributed by atoms with E-state index in [1.54, 1.807) is 46.9 Å². The zero-order chi connectivity index (χ0) is 19.2. The largest absolute Gasteiger partial charge is 0.382 e. The molecule has 1 atom stereocenters. The van der Waals surface area contributed by atoms with Crippen LogP contribution in [0, 0.1) is 6.92 Å². The smallest absolute Gasteiger partial charge is 0.244 e. The van der Waals surface area contributed by atoms with Gasteiger partial charge in [0.05, 0.1) is 23.1 Å². The van der Waals surface area contributed by atoms with Gasteiger partial charge in [-0.25, -0.2) is 13.4 Å². The third-order valence-electron chi connectivity index (χ3n) is 4.48. The van der Waals surface area contributed by atoms with Crippen LogP contribution in [-0.4, -0.2) is 49.9 Å². The van der Waals surface area contributed by atoms with Gasteiger partial charge in [0.25, 0.3) is 0 Å². The van der Waals surface area contributed by atoms with E-state index in [4.69, 9.17) is 11.5 Å². The number of nitrogens with zero attached hydrogens (tertiary/aromatic N) is 5. The van der Waals surface area contributed by atoms with E-state index in [0.29, 0.717) is 34.2 Å². The van der Waals surface area contributed by atoms with Crippen LogP contribution in [0.3, 0.4) is 0 Å². The van der Waals surface area contributed by atoms with E-state index in [2.05, 4.69) is 15.0 Å². The second-order valence-electron chi connectivity index (χ2n) is 6.40. The molecule has 0 unspecified atom stereocenters. The number of rotatable bonds is 4. The van der Waals surface area contributed by atoms with Gasteiger partial charge in [-0.15, -0.1) is 11.8 Å². The van der Waals surface area contributed by atoms with Crippen LogP contribution in [0.2, 0.25) is 0 Å². The second-order valence-corrected chi connectivity index (χ2v) is 9.29. The third kappa shape index (κ3) is 3.22. The molecule has 1 aromatic carbocycles. The Morgan fingerprint density at radius 1 is 1.22 bits per heavy atom. The maximum atomic E-state index is 13.1. The number of anilines is 2. The number of fused-ring (bicyclic) bond motifs is 1. The molecule has 0 aliphatic carbocycles. The van der Waals surface area contributed by atoms with E-state index in [-0.39, 0.29) is 17.8 Å². The highest BCUT2D eigenvalue weighted by molar-refractivity contribution is 8.00. The highest BCUT2D eigenvalue weighted by Gasteiger charge is 2.36. The first-order valence-corrected chi connectivity index (χ1v) is 10.9. The van der Waals surface area contributed by atoms with Gasteiger partial charge in [0, 0.05) is 12.3 Å². The summed E-state index contributed by atoms with van der Waals surface area (Å²) < 4.78 is 29.5. The highest BCUT2D eigenvalue weighted by Crippen LogP contribution is 2.30. The Balaban J connectivity index is 1.65. The molecule has 3 heterocycles. The number of sulfonamides is 1. The number of aryl methyl sites for hydroxylation is 1. The molecule has 1 aliphatic rings. The zero-order valence-corrected chi connectivity index (χ0v) is 16.2. The fraction of sp³-hybridized carbons (Fsp3) is 0.312. The summed E-state index contributed by atoms with van der Waals surface area (Å²) in [5, 5.41) is 0. The zero-order valence-electron chi connectivity index (χ0n) is 14.6. The molecule has 0 bridgehead atoms. The van der Waals surface area contributed by atoms with Gasteiger partial charge in [0.15, 0.2) is 11.5 Å². The van der Waals surface area contributed by atoms with Crippen molar-refractivity contribution in [3.05, 3.63) is 36.2 Å². The maximum Gasteiger partial charge on any atom is 0.244 e. The molecule has 1 fully saturated rings. The molecule has 1 saturated heterocycles. The molecule has 0 spiro atoms. The number of benzene rings is 1. The SMILES string of the molecule is Cc1ccc(S(=O)(=O)N2CSC[C@@H]2Cn2cnc3c(N)nc(N)nc32)cc1. The molecular weight excluding hydrogens is 386 g/mol. The van der Waals surface area contributed by atoms with Crippen LogP contribution < -0.4 is 11.5 Å². The van der Waals surface area contributed by atoms with Crippen LogP contribution in [-0.2, 0) is 16.6 Å². The Labute approximate surface area is 160 Å². The van der Waals surface area contributed by atoms with Gasteiger partial charge in [0.2, 0.25) is 16.0 Å². The summed E-state index contributed by atoms with van der Waals surface area (Å²) in [6.07, 6.45) is 1.59. The number of nitrogens with two attached hydrogens (primary N) is 2. The molecule has 3 aromatic rings. The maximum absolute atomic E-state index is 13.1. The van der Waals surface area contributed by atoms with E-state index in [9.17, 15) is 8.42 Å². The number of hydrogen-bond acceptors (Lipinski definition) is 8. The molecule has 27 heavy (non-hydrogen) atoms. The molecule has 11 heteroatoms. The summed E-state index contributed by atoms with van der Waals surface area (Å²) in [7, 11) is -3.58. The van der Waals surface area contributed by atoms with Crippen LogP contribution in [0.25, 0.3) is 11.2 Å². The summed E-state index contributed by atoms with van der Waals surface area (Å²) in [5.74, 6) is 1.36. The Morgan fingerprint density at radius 2 is 1.96 bits per heavy atom. The van der Waals surface area contributed by atoms with Crippen molar-refractivity contribution in [1.29, 1.82) is 0 Å². The molecule has 0 radical (unpaired) electrons. The van der Waals surface area contributed by atoms with Crippen molar-refractivity contribution >= 4 is 44.7 Å². The number of thioether (sulfide) groups is 1. The molecular formula is C16H19N7O2S2. The van der Waals surface area contributed by atoms with Crippen LogP contribution in [0.4, 0.5) is 11.8 Å². The number of aromatic nitrogens is 4. The lowest BCUT2D eigenvalue weighted by atomic mass is 10.2. The standard InChI is InChI=1S/C16H19N7O2S2/c1-10-2-4-12(5-3-10)27(24,25)23-9-26-7-11(23)6-22-8-19-13-14(17)20-16(18)21-15(13)22/h2-5,8,11H,6-7,9H2,1H3,(H4,17,18,20,21)/t11-/m0/s1. The molecule has 0 saturated carbocycles. The van der Waals surface area contributed by atoms with Crippen LogP contribution in [0.15, 0.2) is 35.5 Å². The Bertz CT molecular complexity index is 1100. The van der Waals surface area contributed by atoms with E-state index >= 15 is 0 Å². The van der Waals surface area contributed by atoms with Gasteiger partial charge in [-0.3, -0.25) is 0 Å². The molecule has 0 amide bonds. The predicted octanol–water partition coefficient (Wildman–Crippen LogP) is 1.06. The van der Waals surface area contributed by atoms with Crippen LogP contribution in [0.5, 0.6) is 0 Å². The highest BCUT2D eigenvalue weighted by atomic mass is 32.2. The van der Waals surface area contributed by atoms with Crippen LogP contribution in [0.1, 0.15) is 5.56 Å². The van der Waals surface area contributed by atoms with Crippen molar-refractivity contribution in [3.63, 3.8) is 0 Å². The van der Waals surface area contributed by atoms with E-state index in [0.717, 1.165) is 5.56 Å². The van der Waals surface area contributed by atoms with Crippen molar-refractivity contribution < 1.29 is 8.42 Å². The monoisotopic (exact) mass is 405 g/mol. The van der Waals surface area contributed by atoms with E-state index in [1.807, 2.05) is 6.92 Å². The first-order valence-electron chi connectivity index (χ1n) is 8.26. The first kappa shape index (κ1) is 18.0. The molecule has 142 valence electrons. The molecule has 4 N–H and O–H groups in total. The normalized spacial score (nSPS) is 18.3. The summed E-state index contributed by atoms with van der Waals surface area (Å²) >= 11 is 1.58. The average molecular weight is 406 g/mol. The van der Waals surface area contributed by atoms with Crippen molar-refractivity contribution in [2.75, 3.05) is 23.1 Å². The topological polar surface area (TPSA) is 133 Å². The molecule has 4 rings (SSSR count). The minimum absolute atomic E-state index is 0.0617. The van der Waals surface area contributed by atoms with E-state index < -0.39 is 10.0 Å². The van der Waals surface area contributed by atoms with Crippen molar-refractivity contribution in [2.45, 2.75) is 24.4 Å². The molecule has 1 aliphatic heterocycles. The first-order chi connectivity index (χ1) is 12.9. The van der Waals surface area contributed by atoms with Gasteiger partial charge in [-0.05, 0) is 19.1 Å². The summed E-state index contributed by atoms with van der Waals surface area (Å²) in [5.41, 5.74) is 13.5. The minimum atomic E-state index is -3.58. The predicted molar refractivity (Wildman–Crippen MR) is 105 cm³/mol. The minimum Gasteiger partial charge on any atom is -0.382 e.